The topological polar surface area (TPSA) is 47.3 Å². The second kappa shape index (κ2) is 4.95. The van der Waals surface area contributed by atoms with Gasteiger partial charge in [-0.05, 0) is 17.7 Å². The monoisotopic (exact) mass is 340 g/mol. The van der Waals surface area contributed by atoms with E-state index in [0.29, 0.717) is 19.0 Å². The van der Waals surface area contributed by atoms with Crippen molar-refractivity contribution in [1.29, 1.82) is 0 Å². The highest BCUT2D eigenvalue weighted by molar-refractivity contribution is 9.10. The van der Waals surface area contributed by atoms with Gasteiger partial charge in [0.15, 0.2) is 0 Å². The minimum atomic E-state index is -0.917. The van der Waals surface area contributed by atoms with Crippen LogP contribution in [-0.2, 0) is 17.2 Å². The highest BCUT2D eigenvalue weighted by Gasteiger charge is 2.49. The number of aliphatic hydroxyl groups is 1. The van der Waals surface area contributed by atoms with Crippen LogP contribution >= 0.6 is 15.9 Å². The molecule has 1 unspecified atom stereocenters. The van der Waals surface area contributed by atoms with Gasteiger partial charge in [-0.1, -0.05) is 28.1 Å². The summed E-state index contributed by atoms with van der Waals surface area (Å²) in [6, 6.07) is 7.72. The average molecular weight is 341 g/mol. The molecule has 1 aliphatic heterocycles. The van der Waals surface area contributed by atoms with Gasteiger partial charge in [0, 0.05) is 11.5 Å². The summed E-state index contributed by atoms with van der Waals surface area (Å²) in [5.74, 6) is -0.281. The van der Waals surface area contributed by atoms with Crippen LogP contribution in [0.15, 0.2) is 34.9 Å². The van der Waals surface area contributed by atoms with Crippen LogP contribution in [0, 0.1) is 5.95 Å². The SMILES string of the molecule is Cn1cc(F)nc1C(O)C1(c2cccc(Br)c2)COC1. The Morgan fingerprint density at radius 1 is 1.50 bits per heavy atom. The molecule has 2 heterocycles. The zero-order valence-corrected chi connectivity index (χ0v) is 12.5. The van der Waals surface area contributed by atoms with Gasteiger partial charge in [0.2, 0.25) is 5.95 Å². The molecule has 1 N–H and O–H groups in total. The first-order chi connectivity index (χ1) is 9.53. The zero-order chi connectivity index (χ0) is 14.3. The summed E-state index contributed by atoms with van der Waals surface area (Å²) in [7, 11) is 1.67. The van der Waals surface area contributed by atoms with E-state index >= 15 is 0 Å². The molecule has 0 spiro atoms. The zero-order valence-electron chi connectivity index (χ0n) is 10.9. The number of aliphatic hydroxyl groups excluding tert-OH is 1. The number of hydrogen-bond acceptors (Lipinski definition) is 3. The largest absolute Gasteiger partial charge is 0.384 e. The van der Waals surface area contributed by atoms with Crippen molar-refractivity contribution >= 4 is 15.9 Å². The van der Waals surface area contributed by atoms with E-state index in [1.54, 1.807) is 7.05 Å². The molecule has 20 heavy (non-hydrogen) atoms. The molecule has 6 heteroatoms. The number of imidazole rings is 1. The maximum Gasteiger partial charge on any atom is 0.231 e. The Kier molecular flexibility index (Phi) is 3.40. The predicted octanol–water partition coefficient (Wildman–Crippen LogP) is 2.32. The van der Waals surface area contributed by atoms with Crippen LogP contribution in [0.1, 0.15) is 17.5 Å². The van der Waals surface area contributed by atoms with Crippen LogP contribution in [-0.4, -0.2) is 27.9 Å². The summed E-state index contributed by atoms with van der Waals surface area (Å²) in [5.41, 5.74) is 0.379. The quantitative estimate of drug-likeness (QED) is 0.932. The van der Waals surface area contributed by atoms with Crippen LogP contribution in [0.25, 0.3) is 0 Å². The molecular formula is C14H14BrFN2O2. The Balaban J connectivity index is 2.03. The predicted molar refractivity (Wildman–Crippen MR) is 74.8 cm³/mol. The van der Waals surface area contributed by atoms with Crippen LogP contribution in [0.3, 0.4) is 0 Å². The average Bonchev–Trinajstić information content (AvgIpc) is 2.67. The van der Waals surface area contributed by atoms with Gasteiger partial charge < -0.3 is 14.4 Å². The summed E-state index contributed by atoms with van der Waals surface area (Å²) in [6.07, 6.45) is 0.340. The second-order valence-corrected chi connectivity index (χ2v) is 6.01. The summed E-state index contributed by atoms with van der Waals surface area (Å²) in [6.45, 7) is 0.776. The molecule has 3 rings (SSSR count). The first-order valence-electron chi connectivity index (χ1n) is 6.23. The molecule has 0 aliphatic carbocycles. The molecule has 0 saturated carbocycles. The van der Waals surface area contributed by atoms with E-state index in [1.807, 2.05) is 24.3 Å². The minimum absolute atomic E-state index is 0.311. The lowest BCUT2D eigenvalue weighted by Crippen LogP contribution is -2.51. The molecule has 2 aromatic rings. The maximum atomic E-state index is 13.2. The minimum Gasteiger partial charge on any atom is -0.384 e. The van der Waals surface area contributed by atoms with Gasteiger partial charge in [0.05, 0.1) is 24.8 Å². The highest BCUT2D eigenvalue weighted by atomic mass is 79.9. The van der Waals surface area contributed by atoms with Gasteiger partial charge in [-0.3, -0.25) is 0 Å². The van der Waals surface area contributed by atoms with Crippen LogP contribution in [0.5, 0.6) is 0 Å². The number of nitrogens with zero attached hydrogens (tertiary/aromatic N) is 2. The number of rotatable bonds is 3. The fraction of sp³-hybridized carbons (Fsp3) is 0.357. The van der Waals surface area contributed by atoms with E-state index in [4.69, 9.17) is 4.74 Å². The standard InChI is InChI=1S/C14H14BrFN2O2/c1-18-6-11(16)17-13(18)12(19)14(7-20-8-14)9-3-2-4-10(15)5-9/h2-6,12,19H,7-8H2,1H3. The molecule has 0 bridgehead atoms. The Morgan fingerprint density at radius 2 is 2.25 bits per heavy atom. The Hall–Kier alpha value is -1.24. The summed E-state index contributed by atoms with van der Waals surface area (Å²) < 4.78 is 21.0. The molecule has 1 atom stereocenters. The number of ether oxygens (including phenoxy) is 1. The molecule has 1 saturated heterocycles. The number of halogens is 2. The molecule has 1 fully saturated rings. The van der Waals surface area contributed by atoms with E-state index in [9.17, 15) is 9.50 Å². The summed E-state index contributed by atoms with van der Waals surface area (Å²) in [5, 5.41) is 10.7. The van der Waals surface area contributed by atoms with Crippen molar-refractivity contribution in [2.75, 3.05) is 13.2 Å². The lowest BCUT2D eigenvalue weighted by molar-refractivity contribution is -0.124. The first kappa shape index (κ1) is 13.7. The van der Waals surface area contributed by atoms with Gasteiger partial charge in [0.25, 0.3) is 0 Å². The third kappa shape index (κ3) is 2.08. The summed E-state index contributed by atoms with van der Waals surface area (Å²) >= 11 is 3.43. The Bertz CT molecular complexity index is 640. The van der Waals surface area contributed by atoms with E-state index in [-0.39, 0.29) is 0 Å². The van der Waals surface area contributed by atoms with Gasteiger partial charge in [-0.15, -0.1) is 0 Å². The fourth-order valence-corrected chi connectivity index (χ4v) is 2.95. The fourth-order valence-electron chi connectivity index (χ4n) is 2.55. The lowest BCUT2D eigenvalue weighted by atomic mass is 9.73. The van der Waals surface area contributed by atoms with Crippen molar-refractivity contribution < 1.29 is 14.2 Å². The second-order valence-electron chi connectivity index (χ2n) is 5.09. The number of hydrogen-bond donors (Lipinski definition) is 1. The molecular weight excluding hydrogens is 327 g/mol. The normalized spacial score (nSPS) is 18.6. The third-order valence-electron chi connectivity index (χ3n) is 3.77. The third-order valence-corrected chi connectivity index (χ3v) is 4.26. The molecule has 4 nitrogen and oxygen atoms in total. The maximum absolute atomic E-state index is 13.2. The van der Waals surface area contributed by atoms with Gasteiger partial charge >= 0.3 is 0 Å². The van der Waals surface area contributed by atoms with Crippen LogP contribution in [0.2, 0.25) is 0 Å². The van der Waals surface area contributed by atoms with Crippen molar-refractivity contribution in [1.82, 2.24) is 9.55 Å². The van der Waals surface area contributed by atoms with Gasteiger partial charge in [-0.25, -0.2) is 4.98 Å². The van der Waals surface area contributed by atoms with Crippen molar-refractivity contribution in [2.24, 2.45) is 7.05 Å². The van der Waals surface area contributed by atoms with Crippen molar-refractivity contribution in [3.8, 4) is 0 Å². The first-order valence-corrected chi connectivity index (χ1v) is 7.03. The molecule has 0 amide bonds. The van der Waals surface area contributed by atoms with Crippen molar-refractivity contribution in [2.45, 2.75) is 11.5 Å². The summed E-state index contributed by atoms with van der Waals surface area (Å²) in [4.78, 5) is 3.79. The molecule has 1 aliphatic rings. The lowest BCUT2D eigenvalue weighted by Gasteiger charge is -2.45. The van der Waals surface area contributed by atoms with Gasteiger partial charge in [0.1, 0.15) is 11.9 Å². The van der Waals surface area contributed by atoms with E-state index in [1.165, 1.54) is 10.8 Å². The smallest absolute Gasteiger partial charge is 0.231 e. The number of benzene rings is 1. The number of aromatic nitrogens is 2. The van der Waals surface area contributed by atoms with Crippen LogP contribution < -0.4 is 0 Å². The van der Waals surface area contributed by atoms with E-state index < -0.39 is 17.5 Å². The molecule has 106 valence electrons. The highest BCUT2D eigenvalue weighted by Crippen LogP contribution is 2.43. The molecule has 0 radical (unpaired) electrons. The number of aryl methyl sites for hydroxylation is 1. The molecule has 1 aromatic carbocycles. The van der Waals surface area contributed by atoms with E-state index in [2.05, 4.69) is 20.9 Å². The Labute approximate surface area is 124 Å². The molecule has 1 aromatic heterocycles. The Morgan fingerprint density at radius 3 is 2.75 bits per heavy atom. The van der Waals surface area contributed by atoms with Crippen molar-refractivity contribution in [3.05, 3.63) is 52.3 Å². The van der Waals surface area contributed by atoms with E-state index in [0.717, 1.165) is 10.0 Å². The van der Waals surface area contributed by atoms with Crippen LogP contribution in [0.4, 0.5) is 4.39 Å². The van der Waals surface area contributed by atoms with Crippen molar-refractivity contribution in [3.63, 3.8) is 0 Å². The van der Waals surface area contributed by atoms with Gasteiger partial charge in [-0.2, -0.15) is 4.39 Å².